The number of nitrogens with zero attached hydrogens (tertiary/aromatic N) is 1. The summed E-state index contributed by atoms with van der Waals surface area (Å²) in [4.78, 5) is 14.1. The number of carbonyl (C=O) groups excluding carboxylic acids is 1. The van der Waals surface area contributed by atoms with Crippen molar-refractivity contribution in [3.8, 4) is 0 Å². The minimum Gasteiger partial charge on any atom is -0.389 e. The van der Waals surface area contributed by atoms with E-state index in [1.165, 1.54) is 6.07 Å². The van der Waals surface area contributed by atoms with Crippen LogP contribution in [0.15, 0.2) is 18.2 Å². The van der Waals surface area contributed by atoms with E-state index in [1.54, 1.807) is 24.8 Å². The third-order valence-corrected chi connectivity index (χ3v) is 3.95. The molecule has 0 radical (unpaired) electrons. The van der Waals surface area contributed by atoms with Crippen molar-refractivity contribution in [3.05, 3.63) is 35.1 Å². The molecule has 122 valence electrons. The van der Waals surface area contributed by atoms with Crippen LogP contribution < -0.4 is 5.32 Å². The minimum absolute atomic E-state index is 0.0280. The molecule has 1 aliphatic rings. The first-order valence-corrected chi connectivity index (χ1v) is 7.76. The second-order valence-electron chi connectivity index (χ2n) is 6.88. The van der Waals surface area contributed by atoms with Crippen molar-refractivity contribution in [1.82, 2.24) is 10.2 Å². The Morgan fingerprint density at radius 3 is 2.77 bits per heavy atom. The molecule has 1 aliphatic carbocycles. The molecule has 5 heteroatoms. The molecule has 0 fully saturated rings. The number of carbonyl (C=O) groups is 1. The summed E-state index contributed by atoms with van der Waals surface area (Å²) in [7, 11) is 0. The van der Waals surface area contributed by atoms with Gasteiger partial charge in [-0.05, 0) is 57.7 Å². The maximum atomic E-state index is 13.8. The van der Waals surface area contributed by atoms with Crippen molar-refractivity contribution in [3.63, 3.8) is 0 Å². The van der Waals surface area contributed by atoms with E-state index in [0.717, 1.165) is 5.56 Å². The summed E-state index contributed by atoms with van der Waals surface area (Å²) in [5.41, 5.74) is 0.605. The molecule has 0 spiro atoms. The van der Waals surface area contributed by atoms with Gasteiger partial charge in [0.25, 0.3) is 0 Å². The molecule has 1 atom stereocenters. The van der Waals surface area contributed by atoms with Crippen LogP contribution >= 0.6 is 0 Å². The van der Waals surface area contributed by atoms with Gasteiger partial charge >= 0.3 is 6.03 Å². The van der Waals surface area contributed by atoms with E-state index in [4.69, 9.17) is 0 Å². The van der Waals surface area contributed by atoms with Gasteiger partial charge in [-0.1, -0.05) is 12.1 Å². The van der Waals surface area contributed by atoms with Crippen molar-refractivity contribution in [2.24, 2.45) is 0 Å². The van der Waals surface area contributed by atoms with Crippen LogP contribution in [-0.4, -0.2) is 34.2 Å². The first-order valence-electron chi connectivity index (χ1n) is 7.76. The highest BCUT2D eigenvalue weighted by molar-refractivity contribution is 5.75. The smallest absolute Gasteiger partial charge is 0.318 e. The van der Waals surface area contributed by atoms with E-state index in [-0.39, 0.29) is 30.5 Å². The molecule has 0 unspecified atom stereocenters. The van der Waals surface area contributed by atoms with Crippen molar-refractivity contribution in [2.45, 2.75) is 58.2 Å². The molecule has 4 nitrogen and oxygen atoms in total. The SMILES string of the molecule is CC(C)N(CC(C)(C)O)C(=O)N[C@@H]1CCc2c(F)cccc21. The molecule has 22 heavy (non-hydrogen) atoms. The Labute approximate surface area is 131 Å². The van der Waals surface area contributed by atoms with Crippen LogP contribution in [0.5, 0.6) is 0 Å². The summed E-state index contributed by atoms with van der Waals surface area (Å²) in [6, 6.07) is 4.58. The first kappa shape index (κ1) is 16.7. The number of fused-ring (bicyclic) bond motifs is 1. The Bertz CT molecular complexity index is 552. The lowest BCUT2D eigenvalue weighted by Crippen LogP contribution is -2.50. The van der Waals surface area contributed by atoms with Crippen LogP contribution in [0.1, 0.15) is 51.3 Å². The van der Waals surface area contributed by atoms with Crippen LogP contribution in [0.2, 0.25) is 0 Å². The lowest BCUT2D eigenvalue weighted by Gasteiger charge is -2.33. The molecule has 0 saturated heterocycles. The van der Waals surface area contributed by atoms with Crippen molar-refractivity contribution in [2.75, 3.05) is 6.54 Å². The fourth-order valence-corrected chi connectivity index (χ4v) is 2.90. The molecular formula is C17H25FN2O2. The van der Waals surface area contributed by atoms with Gasteiger partial charge in [0.05, 0.1) is 18.2 Å². The molecule has 0 saturated carbocycles. The molecule has 1 aromatic carbocycles. The monoisotopic (exact) mass is 308 g/mol. The molecular weight excluding hydrogens is 283 g/mol. The Balaban J connectivity index is 2.11. The largest absolute Gasteiger partial charge is 0.389 e. The van der Waals surface area contributed by atoms with E-state index in [9.17, 15) is 14.3 Å². The zero-order valence-electron chi connectivity index (χ0n) is 13.7. The fourth-order valence-electron chi connectivity index (χ4n) is 2.90. The lowest BCUT2D eigenvalue weighted by atomic mass is 10.1. The van der Waals surface area contributed by atoms with Crippen molar-refractivity contribution in [1.29, 1.82) is 0 Å². The van der Waals surface area contributed by atoms with Gasteiger partial charge in [0.1, 0.15) is 5.82 Å². The highest BCUT2D eigenvalue weighted by atomic mass is 19.1. The highest BCUT2D eigenvalue weighted by Crippen LogP contribution is 2.32. The number of hydrogen-bond donors (Lipinski definition) is 2. The molecule has 2 amide bonds. The van der Waals surface area contributed by atoms with Crippen molar-refractivity contribution < 1.29 is 14.3 Å². The Kier molecular flexibility index (Phi) is 4.75. The Morgan fingerprint density at radius 1 is 1.50 bits per heavy atom. The Hall–Kier alpha value is -1.62. The number of hydrogen-bond acceptors (Lipinski definition) is 2. The molecule has 2 N–H and O–H groups in total. The number of halogens is 1. The minimum atomic E-state index is -0.957. The van der Waals surface area contributed by atoms with Gasteiger partial charge < -0.3 is 15.3 Å². The fraction of sp³-hybridized carbons (Fsp3) is 0.588. The normalized spacial score (nSPS) is 17.5. The third-order valence-electron chi connectivity index (χ3n) is 3.95. The standard InChI is InChI=1S/C17H25FN2O2/c1-11(2)20(10-17(3,4)22)16(21)19-15-9-8-12-13(15)6-5-7-14(12)18/h5-7,11,15,22H,8-10H2,1-4H3,(H,19,21)/t15-/m1/s1. The Morgan fingerprint density at radius 2 is 2.18 bits per heavy atom. The lowest BCUT2D eigenvalue weighted by molar-refractivity contribution is 0.0382. The summed E-state index contributed by atoms with van der Waals surface area (Å²) in [5, 5.41) is 12.9. The summed E-state index contributed by atoms with van der Waals surface area (Å²) >= 11 is 0. The summed E-state index contributed by atoms with van der Waals surface area (Å²) in [5.74, 6) is -0.202. The molecule has 0 bridgehead atoms. The van der Waals surface area contributed by atoms with Crippen LogP contribution in [-0.2, 0) is 6.42 Å². The summed E-state index contributed by atoms with van der Waals surface area (Å²) in [6.45, 7) is 7.42. The summed E-state index contributed by atoms with van der Waals surface area (Å²) < 4.78 is 13.8. The highest BCUT2D eigenvalue weighted by Gasteiger charge is 2.30. The first-order chi connectivity index (χ1) is 10.2. The summed E-state index contributed by atoms with van der Waals surface area (Å²) in [6.07, 6.45) is 1.34. The molecule has 0 heterocycles. The molecule has 0 aromatic heterocycles. The van der Waals surface area contributed by atoms with Crippen LogP contribution in [0, 0.1) is 5.82 Å². The van der Waals surface area contributed by atoms with E-state index < -0.39 is 5.60 Å². The second kappa shape index (κ2) is 6.24. The predicted molar refractivity (Wildman–Crippen MR) is 84.1 cm³/mol. The van der Waals surface area contributed by atoms with Gasteiger partial charge in [0, 0.05) is 6.04 Å². The van der Waals surface area contributed by atoms with Gasteiger partial charge in [0.2, 0.25) is 0 Å². The van der Waals surface area contributed by atoms with Crippen LogP contribution in [0.3, 0.4) is 0 Å². The van der Waals surface area contributed by atoms with E-state index in [2.05, 4.69) is 5.32 Å². The third kappa shape index (κ3) is 3.77. The quantitative estimate of drug-likeness (QED) is 0.898. The second-order valence-corrected chi connectivity index (χ2v) is 6.88. The van der Waals surface area contributed by atoms with Crippen LogP contribution in [0.4, 0.5) is 9.18 Å². The van der Waals surface area contributed by atoms with E-state index in [0.29, 0.717) is 18.4 Å². The topological polar surface area (TPSA) is 52.6 Å². The predicted octanol–water partition coefficient (Wildman–Crippen LogP) is 3.00. The van der Waals surface area contributed by atoms with Gasteiger partial charge in [-0.15, -0.1) is 0 Å². The number of benzene rings is 1. The zero-order valence-corrected chi connectivity index (χ0v) is 13.7. The zero-order chi connectivity index (χ0) is 16.5. The van der Waals surface area contributed by atoms with E-state index in [1.807, 2.05) is 19.9 Å². The average Bonchev–Trinajstić information content (AvgIpc) is 2.79. The maximum Gasteiger partial charge on any atom is 0.318 e. The maximum absolute atomic E-state index is 13.8. The van der Waals surface area contributed by atoms with Gasteiger partial charge in [-0.2, -0.15) is 0 Å². The van der Waals surface area contributed by atoms with Gasteiger partial charge in [0.15, 0.2) is 0 Å². The molecule has 0 aliphatic heterocycles. The van der Waals surface area contributed by atoms with Crippen LogP contribution in [0.25, 0.3) is 0 Å². The number of amides is 2. The van der Waals surface area contributed by atoms with Gasteiger partial charge in [-0.3, -0.25) is 0 Å². The number of urea groups is 1. The average molecular weight is 308 g/mol. The molecule has 1 aromatic rings. The molecule has 2 rings (SSSR count). The van der Waals surface area contributed by atoms with Crippen molar-refractivity contribution >= 4 is 6.03 Å². The van der Waals surface area contributed by atoms with E-state index >= 15 is 0 Å². The number of nitrogens with one attached hydrogen (secondary N) is 1. The number of rotatable bonds is 4. The number of aliphatic hydroxyl groups is 1. The van der Waals surface area contributed by atoms with Gasteiger partial charge in [-0.25, -0.2) is 9.18 Å².